The summed E-state index contributed by atoms with van der Waals surface area (Å²) in [6, 6.07) is 6.19. The number of rotatable bonds is 4. The number of carbonyl (C=O) groups excluding carboxylic acids is 2. The minimum absolute atomic E-state index is 0.00261. The fraction of sp³-hybridized carbons (Fsp3) is 0.526. The first kappa shape index (κ1) is 18.4. The minimum atomic E-state index is -0.938. The molecule has 7 heteroatoms. The molecule has 26 heavy (non-hydrogen) atoms. The summed E-state index contributed by atoms with van der Waals surface area (Å²) >= 11 is 0. The molecule has 0 unspecified atom stereocenters. The zero-order chi connectivity index (χ0) is 19.1. The van der Waals surface area contributed by atoms with E-state index in [-0.39, 0.29) is 18.2 Å². The van der Waals surface area contributed by atoms with Gasteiger partial charge in [-0.1, -0.05) is 32.0 Å². The average molecular weight is 362 g/mol. The highest BCUT2D eigenvalue weighted by Gasteiger charge is 2.66. The lowest BCUT2D eigenvalue weighted by atomic mass is 10.1. The van der Waals surface area contributed by atoms with E-state index in [1.807, 2.05) is 0 Å². The standard InChI is InChI=1S/C19H23FN2O4/c1-19(2)15(16(19)18(25)26)17(24)22-9-7-21(8-10-22)14(23)11-12-5-3-4-6-13(12)20/h3-6,15-16H,7-11H2,1-2H3,(H,25,26)/t15-,16+/m1/s1. The number of hydrogen-bond donors (Lipinski definition) is 1. The van der Waals surface area contributed by atoms with E-state index in [1.54, 1.807) is 41.8 Å². The van der Waals surface area contributed by atoms with Crippen molar-refractivity contribution >= 4 is 17.8 Å². The molecule has 1 saturated heterocycles. The number of amides is 2. The van der Waals surface area contributed by atoms with Crippen LogP contribution in [0, 0.1) is 23.1 Å². The molecule has 1 saturated carbocycles. The van der Waals surface area contributed by atoms with Crippen molar-refractivity contribution in [3.8, 4) is 0 Å². The molecule has 0 aromatic heterocycles. The van der Waals surface area contributed by atoms with E-state index in [0.29, 0.717) is 31.7 Å². The van der Waals surface area contributed by atoms with Gasteiger partial charge in [0.15, 0.2) is 0 Å². The maximum absolute atomic E-state index is 13.7. The van der Waals surface area contributed by atoms with Gasteiger partial charge in [0.05, 0.1) is 18.3 Å². The van der Waals surface area contributed by atoms with Crippen LogP contribution in [0.2, 0.25) is 0 Å². The van der Waals surface area contributed by atoms with Gasteiger partial charge in [-0.15, -0.1) is 0 Å². The van der Waals surface area contributed by atoms with E-state index < -0.39 is 29.0 Å². The number of aliphatic carboxylic acids is 1. The van der Waals surface area contributed by atoms with Crippen molar-refractivity contribution in [3.05, 3.63) is 35.6 Å². The van der Waals surface area contributed by atoms with Gasteiger partial charge < -0.3 is 14.9 Å². The second kappa shape index (κ2) is 6.70. The van der Waals surface area contributed by atoms with Crippen molar-refractivity contribution < 1.29 is 23.9 Å². The normalized spacial score (nSPS) is 24.3. The lowest BCUT2D eigenvalue weighted by molar-refractivity contribution is -0.143. The average Bonchev–Trinajstić information content (AvgIpc) is 3.19. The summed E-state index contributed by atoms with van der Waals surface area (Å²) in [6.07, 6.45) is -0.00261. The highest BCUT2D eigenvalue weighted by atomic mass is 19.1. The molecule has 140 valence electrons. The number of carboxylic acids is 1. The van der Waals surface area contributed by atoms with Gasteiger partial charge in [0, 0.05) is 26.2 Å². The molecular formula is C19H23FN2O4. The van der Waals surface area contributed by atoms with E-state index in [2.05, 4.69) is 0 Å². The van der Waals surface area contributed by atoms with Gasteiger partial charge in [-0.2, -0.15) is 0 Å². The van der Waals surface area contributed by atoms with Crippen molar-refractivity contribution in [1.29, 1.82) is 0 Å². The van der Waals surface area contributed by atoms with Gasteiger partial charge >= 0.3 is 5.97 Å². The Morgan fingerprint density at radius 2 is 1.65 bits per heavy atom. The molecule has 2 amide bonds. The summed E-state index contributed by atoms with van der Waals surface area (Å²) < 4.78 is 13.7. The number of benzene rings is 1. The lowest BCUT2D eigenvalue weighted by Gasteiger charge is -2.35. The molecule has 0 spiro atoms. The molecule has 1 heterocycles. The van der Waals surface area contributed by atoms with Crippen LogP contribution in [0.3, 0.4) is 0 Å². The van der Waals surface area contributed by atoms with Crippen molar-refractivity contribution in [1.82, 2.24) is 9.80 Å². The molecule has 0 radical (unpaired) electrons. The first-order chi connectivity index (χ1) is 12.2. The summed E-state index contributed by atoms with van der Waals surface area (Å²) in [5.74, 6) is -2.80. The number of halogens is 1. The fourth-order valence-corrected chi connectivity index (χ4v) is 3.85. The fourth-order valence-electron chi connectivity index (χ4n) is 3.85. The first-order valence-corrected chi connectivity index (χ1v) is 8.76. The van der Waals surface area contributed by atoms with Crippen LogP contribution >= 0.6 is 0 Å². The molecule has 2 aliphatic rings. The smallest absolute Gasteiger partial charge is 0.307 e. The van der Waals surface area contributed by atoms with Crippen LogP contribution in [-0.2, 0) is 20.8 Å². The summed E-state index contributed by atoms with van der Waals surface area (Å²) in [6.45, 7) is 5.10. The van der Waals surface area contributed by atoms with Crippen LogP contribution in [0.4, 0.5) is 4.39 Å². The third kappa shape index (κ3) is 3.30. The van der Waals surface area contributed by atoms with E-state index in [9.17, 15) is 23.9 Å². The van der Waals surface area contributed by atoms with Gasteiger partial charge in [-0.05, 0) is 17.0 Å². The second-order valence-electron chi connectivity index (χ2n) is 7.59. The molecule has 3 rings (SSSR count). The summed E-state index contributed by atoms with van der Waals surface area (Å²) in [5.41, 5.74) is -0.166. The lowest BCUT2D eigenvalue weighted by Crippen LogP contribution is -2.51. The maximum Gasteiger partial charge on any atom is 0.307 e. The van der Waals surface area contributed by atoms with Crippen LogP contribution in [-0.4, -0.2) is 58.9 Å². The molecule has 1 N–H and O–H groups in total. The highest BCUT2D eigenvalue weighted by Crippen LogP contribution is 2.59. The van der Waals surface area contributed by atoms with Crippen molar-refractivity contribution in [3.63, 3.8) is 0 Å². The van der Waals surface area contributed by atoms with Crippen LogP contribution in [0.25, 0.3) is 0 Å². The Bertz CT molecular complexity index is 741. The number of hydrogen-bond acceptors (Lipinski definition) is 3. The van der Waals surface area contributed by atoms with Gasteiger partial charge in [-0.3, -0.25) is 14.4 Å². The molecular weight excluding hydrogens is 339 g/mol. The van der Waals surface area contributed by atoms with E-state index in [4.69, 9.17) is 0 Å². The van der Waals surface area contributed by atoms with E-state index in [0.717, 1.165) is 0 Å². The molecule has 1 aliphatic carbocycles. The van der Waals surface area contributed by atoms with Gasteiger partial charge in [0.1, 0.15) is 5.82 Å². The quantitative estimate of drug-likeness (QED) is 0.878. The zero-order valence-electron chi connectivity index (χ0n) is 14.9. The van der Waals surface area contributed by atoms with Crippen LogP contribution in [0.5, 0.6) is 0 Å². The molecule has 6 nitrogen and oxygen atoms in total. The van der Waals surface area contributed by atoms with Crippen molar-refractivity contribution in [2.75, 3.05) is 26.2 Å². The third-order valence-electron chi connectivity index (χ3n) is 5.60. The molecule has 2 fully saturated rings. The summed E-state index contributed by atoms with van der Waals surface area (Å²) in [4.78, 5) is 39.5. The Balaban J connectivity index is 1.55. The van der Waals surface area contributed by atoms with E-state index >= 15 is 0 Å². The zero-order valence-corrected chi connectivity index (χ0v) is 14.9. The van der Waals surface area contributed by atoms with Gasteiger partial charge in [-0.25, -0.2) is 4.39 Å². The van der Waals surface area contributed by atoms with E-state index in [1.165, 1.54) is 6.07 Å². The van der Waals surface area contributed by atoms with Crippen molar-refractivity contribution in [2.45, 2.75) is 20.3 Å². The Kier molecular flexibility index (Phi) is 4.73. The molecule has 1 aliphatic heterocycles. The largest absolute Gasteiger partial charge is 0.481 e. The van der Waals surface area contributed by atoms with Crippen LogP contribution in [0.1, 0.15) is 19.4 Å². The molecule has 0 bridgehead atoms. The predicted octanol–water partition coefficient (Wildman–Crippen LogP) is 1.40. The molecule has 1 aromatic carbocycles. The number of carbonyl (C=O) groups is 3. The Morgan fingerprint density at radius 1 is 1.08 bits per heavy atom. The minimum Gasteiger partial charge on any atom is -0.481 e. The summed E-state index contributed by atoms with van der Waals surface area (Å²) in [7, 11) is 0. The maximum atomic E-state index is 13.7. The first-order valence-electron chi connectivity index (χ1n) is 8.76. The topological polar surface area (TPSA) is 77.9 Å². The number of carboxylic acid groups (broad SMARTS) is 1. The molecule has 1 aromatic rings. The number of piperazine rings is 1. The number of nitrogens with zero attached hydrogens (tertiary/aromatic N) is 2. The molecule has 2 atom stereocenters. The van der Waals surface area contributed by atoms with Crippen LogP contribution in [0.15, 0.2) is 24.3 Å². The predicted molar refractivity (Wildman–Crippen MR) is 91.7 cm³/mol. The monoisotopic (exact) mass is 362 g/mol. The Hall–Kier alpha value is -2.44. The third-order valence-corrected chi connectivity index (χ3v) is 5.60. The second-order valence-corrected chi connectivity index (χ2v) is 7.59. The van der Waals surface area contributed by atoms with Crippen molar-refractivity contribution in [2.24, 2.45) is 17.3 Å². The summed E-state index contributed by atoms with van der Waals surface area (Å²) in [5, 5.41) is 9.23. The SMILES string of the molecule is CC1(C)[C@H](C(=O)O)[C@@H]1C(=O)N1CCN(C(=O)Cc2ccccc2F)CC1. The van der Waals surface area contributed by atoms with Gasteiger partial charge in [0.25, 0.3) is 0 Å². The Labute approximate surface area is 151 Å². The van der Waals surface area contributed by atoms with Gasteiger partial charge in [0.2, 0.25) is 11.8 Å². The highest BCUT2D eigenvalue weighted by molar-refractivity contribution is 5.92. The van der Waals surface area contributed by atoms with Crippen LogP contribution < -0.4 is 0 Å². The Morgan fingerprint density at radius 3 is 2.19 bits per heavy atom.